The van der Waals surface area contributed by atoms with Gasteiger partial charge in [-0.3, -0.25) is 0 Å². The lowest BCUT2D eigenvalue weighted by Gasteiger charge is -2.05. The molecule has 0 radical (unpaired) electrons. The summed E-state index contributed by atoms with van der Waals surface area (Å²) in [5, 5.41) is 3.67. The number of aromatic nitrogens is 2. The highest BCUT2D eigenvalue weighted by molar-refractivity contribution is 6.30. The standard InChI is InChI=1S/C13H14ClN3O/c1-18-12-4-2-10(3-5-12)6-7-15-13-16-8-11(14)9-17-13/h2-5,8-9H,6-7H2,1H3,(H,15,16,17). The van der Waals surface area contributed by atoms with Gasteiger partial charge in [-0.1, -0.05) is 23.7 Å². The molecule has 0 saturated heterocycles. The van der Waals surface area contributed by atoms with Gasteiger partial charge in [-0.25, -0.2) is 9.97 Å². The van der Waals surface area contributed by atoms with Crippen LogP contribution in [0.4, 0.5) is 5.95 Å². The van der Waals surface area contributed by atoms with Crippen LogP contribution in [0.25, 0.3) is 0 Å². The number of hydrogen-bond donors (Lipinski definition) is 1. The molecular weight excluding hydrogens is 250 g/mol. The molecule has 18 heavy (non-hydrogen) atoms. The lowest BCUT2D eigenvalue weighted by molar-refractivity contribution is 0.414. The highest BCUT2D eigenvalue weighted by atomic mass is 35.5. The smallest absolute Gasteiger partial charge is 0.222 e. The van der Waals surface area contributed by atoms with Crippen LogP contribution in [0.1, 0.15) is 5.56 Å². The summed E-state index contributed by atoms with van der Waals surface area (Å²) in [7, 11) is 1.66. The van der Waals surface area contributed by atoms with Crippen molar-refractivity contribution in [3.05, 3.63) is 47.2 Å². The Kier molecular flexibility index (Phi) is 4.36. The maximum atomic E-state index is 5.71. The van der Waals surface area contributed by atoms with Gasteiger partial charge in [0.1, 0.15) is 5.75 Å². The van der Waals surface area contributed by atoms with Gasteiger partial charge in [0.05, 0.1) is 24.5 Å². The van der Waals surface area contributed by atoms with Crippen molar-refractivity contribution in [2.45, 2.75) is 6.42 Å². The molecule has 0 fully saturated rings. The summed E-state index contributed by atoms with van der Waals surface area (Å²) in [5.74, 6) is 1.46. The first-order valence-corrected chi connectivity index (χ1v) is 6.00. The summed E-state index contributed by atoms with van der Waals surface area (Å²) in [4.78, 5) is 8.13. The van der Waals surface area contributed by atoms with Gasteiger partial charge in [0, 0.05) is 6.54 Å². The topological polar surface area (TPSA) is 47.0 Å². The maximum Gasteiger partial charge on any atom is 0.222 e. The number of hydrogen-bond acceptors (Lipinski definition) is 4. The molecule has 0 unspecified atom stereocenters. The fraction of sp³-hybridized carbons (Fsp3) is 0.231. The Morgan fingerprint density at radius 2 is 1.83 bits per heavy atom. The van der Waals surface area contributed by atoms with E-state index in [9.17, 15) is 0 Å². The van der Waals surface area contributed by atoms with Crippen LogP contribution in [-0.4, -0.2) is 23.6 Å². The van der Waals surface area contributed by atoms with Crippen LogP contribution in [0.2, 0.25) is 5.02 Å². The lowest BCUT2D eigenvalue weighted by Crippen LogP contribution is -2.07. The molecule has 0 aliphatic rings. The molecule has 4 nitrogen and oxygen atoms in total. The minimum Gasteiger partial charge on any atom is -0.497 e. The highest BCUT2D eigenvalue weighted by Crippen LogP contribution is 2.12. The first-order valence-electron chi connectivity index (χ1n) is 5.62. The number of methoxy groups -OCH3 is 1. The van der Waals surface area contributed by atoms with E-state index in [0.717, 1.165) is 18.7 Å². The molecule has 0 spiro atoms. The zero-order valence-corrected chi connectivity index (χ0v) is 10.8. The first kappa shape index (κ1) is 12.6. The average molecular weight is 264 g/mol. The van der Waals surface area contributed by atoms with Crippen LogP contribution in [0.5, 0.6) is 5.75 Å². The summed E-state index contributed by atoms with van der Waals surface area (Å²) < 4.78 is 5.11. The Morgan fingerprint density at radius 3 is 2.44 bits per heavy atom. The zero-order valence-electron chi connectivity index (χ0n) is 10.1. The number of benzene rings is 1. The predicted molar refractivity (Wildman–Crippen MR) is 72.2 cm³/mol. The molecule has 1 N–H and O–H groups in total. The quantitative estimate of drug-likeness (QED) is 0.901. The van der Waals surface area contributed by atoms with Crippen LogP contribution in [0.3, 0.4) is 0 Å². The van der Waals surface area contributed by atoms with E-state index >= 15 is 0 Å². The number of rotatable bonds is 5. The largest absolute Gasteiger partial charge is 0.497 e. The van der Waals surface area contributed by atoms with Gasteiger partial charge in [0.15, 0.2) is 0 Å². The Hall–Kier alpha value is -1.81. The van der Waals surface area contributed by atoms with E-state index in [-0.39, 0.29) is 0 Å². The SMILES string of the molecule is COc1ccc(CCNc2ncc(Cl)cn2)cc1. The van der Waals surface area contributed by atoms with Crippen LogP contribution >= 0.6 is 11.6 Å². The molecule has 0 bridgehead atoms. The van der Waals surface area contributed by atoms with E-state index in [0.29, 0.717) is 11.0 Å². The summed E-state index contributed by atoms with van der Waals surface area (Å²) in [6.45, 7) is 0.772. The summed E-state index contributed by atoms with van der Waals surface area (Å²) in [6, 6.07) is 7.99. The van der Waals surface area contributed by atoms with Crippen LogP contribution < -0.4 is 10.1 Å². The molecular formula is C13H14ClN3O. The highest BCUT2D eigenvalue weighted by Gasteiger charge is 1.97. The van der Waals surface area contributed by atoms with Gasteiger partial charge >= 0.3 is 0 Å². The van der Waals surface area contributed by atoms with Gasteiger partial charge < -0.3 is 10.1 Å². The molecule has 94 valence electrons. The van der Waals surface area contributed by atoms with Crippen molar-refractivity contribution in [1.29, 1.82) is 0 Å². The minimum atomic E-state index is 0.538. The third-order valence-corrected chi connectivity index (χ3v) is 2.67. The van der Waals surface area contributed by atoms with Gasteiger partial charge in [0.2, 0.25) is 5.95 Å². The summed E-state index contributed by atoms with van der Waals surface area (Å²) in [6.07, 6.45) is 4.05. The van der Waals surface area contributed by atoms with Crippen molar-refractivity contribution < 1.29 is 4.74 Å². The molecule has 0 aliphatic heterocycles. The van der Waals surface area contributed by atoms with Crippen molar-refractivity contribution >= 4 is 17.5 Å². The number of nitrogens with zero attached hydrogens (tertiary/aromatic N) is 2. The summed E-state index contributed by atoms with van der Waals surface area (Å²) in [5.41, 5.74) is 1.23. The van der Waals surface area contributed by atoms with E-state index in [4.69, 9.17) is 16.3 Å². The second-order valence-electron chi connectivity index (χ2n) is 3.75. The molecule has 0 aliphatic carbocycles. The fourth-order valence-corrected chi connectivity index (χ4v) is 1.61. The third kappa shape index (κ3) is 3.60. The van der Waals surface area contributed by atoms with Crippen LogP contribution in [0.15, 0.2) is 36.7 Å². The predicted octanol–water partition coefficient (Wildman–Crippen LogP) is 2.79. The Balaban J connectivity index is 1.82. The summed E-state index contributed by atoms with van der Waals surface area (Å²) >= 11 is 5.71. The van der Waals surface area contributed by atoms with Crippen molar-refractivity contribution in [3.63, 3.8) is 0 Å². The first-order chi connectivity index (χ1) is 8.78. The Morgan fingerprint density at radius 1 is 1.17 bits per heavy atom. The number of nitrogens with one attached hydrogen (secondary N) is 1. The van der Waals surface area contributed by atoms with Gasteiger partial charge in [0.25, 0.3) is 0 Å². The van der Waals surface area contributed by atoms with Crippen molar-refractivity contribution in [1.82, 2.24) is 9.97 Å². The molecule has 2 aromatic rings. The van der Waals surface area contributed by atoms with E-state index in [1.165, 1.54) is 5.56 Å². The third-order valence-electron chi connectivity index (χ3n) is 2.48. The fourth-order valence-electron chi connectivity index (χ4n) is 1.51. The molecule has 0 amide bonds. The zero-order chi connectivity index (χ0) is 12.8. The minimum absolute atomic E-state index is 0.538. The van der Waals surface area contributed by atoms with Crippen molar-refractivity contribution in [2.24, 2.45) is 0 Å². The molecule has 2 rings (SSSR count). The number of anilines is 1. The van der Waals surface area contributed by atoms with Crippen molar-refractivity contribution in [3.8, 4) is 5.75 Å². The normalized spacial score (nSPS) is 10.1. The number of ether oxygens (including phenoxy) is 1. The second-order valence-corrected chi connectivity index (χ2v) is 4.19. The van der Waals surface area contributed by atoms with Gasteiger partial charge in [-0.15, -0.1) is 0 Å². The van der Waals surface area contributed by atoms with E-state index in [1.54, 1.807) is 19.5 Å². The van der Waals surface area contributed by atoms with Crippen LogP contribution in [0, 0.1) is 0 Å². The monoisotopic (exact) mass is 263 g/mol. The van der Waals surface area contributed by atoms with E-state index in [2.05, 4.69) is 15.3 Å². The van der Waals surface area contributed by atoms with Crippen molar-refractivity contribution in [2.75, 3.05) is 19.0 Å². The van der Waals surface area contributed by atoms with Gasteiger partial charge in [-0.2, -0.15) is 0 Å². The van der Waals surface area contributed by atoms with Crippen LogP contribution in [-0.2, 0) is 6.42 Å². The Bertz CT molecular complexity index is 485. The molecule has 5 heteroatoms. The maximum absolute atomic E-state index is 5.71. The molecule has 0 atom stereocenters. The van der Waals surface area contributed by atoms with Gasteiger partial charge in [-0.05, 0) is 24.1 Å². The molecule has 1 heterocycles. The Labute approximate surface area is 111 Å². The van der Waals surface area contributed by atoms with E-state index < -0.39 is 0 Å². The number of halogens is 1. The second kappa shape index (κ2) is 6.21. The lowest BCUT2D eigenvalue weighted by atomic mass is 10.1. The molecule has 0 saturated carbocycles. The molecule has 1 aromatic carbocycles. The molecule has 1 aromatic heterocycles. The van der Waals surface area contributed by atoms with E-state index in [1.807, 2.05) is 24.3 Å². The average Bonchev–Trinajstić information content (AvgIpc) is 2.42.